The minimum Gasteiger partial charge on any atom is -0.497 e. The first kappa shape index (κ1) is 19.8. The number of aromatic nitrogens is 4. The molecule has 2 aromatic carbocycles. The Morgan fingerprint density at radius 1 is 1.17 bits per heavy atom. The molecule has 0 aliphatic heterocycles. The van der Waals surface area contributed by atoms with Gasteiger partial charge in [-0.2, -0.15) is 0 Å². The van der Waals surface area contributed by atoms with Gasteiger partial charge in [-0.25, -0.2) is 0 Å². The Bertz CT molecular complexity index is 1250. The van der Waals surface area contributed by atoms with Gasteiger partial charge in [0.1, 0.15) is 5.75 Å². The van der Waals surface area contributed by atoms with Crippen molar-refractivity contribution in [3.8, 4) is 5.75 Å². The van der Waals surface area contributed by atoms with E-state index in [0.717, 1.165) is 22.0 Å². The number of methoxy groups -OCH3 is 1. The number of fused-ring (bicyclic) bond motifs is 3. The van der Waals surface area contributed by atoms with E-state index in [2.05, 4.69) is 24.0 Å². The first-order chi connectivity index (χ1) is 14.0. The number of benzene rings is 2. The molecule has 29 heavy (non-hydrogen) atoms. The predicted molar refractivity (Wildman–Crippen MR) is 117 cm³/mol. The molecule has 0 bridgehead atoms. The van der Waals surface area contributed by atoms with Crippen LogP contribution in [0.25, 0.3) is 16.7 Å². The number of thioether (sulfide) groups is 1. The molecule has 0 aliphatic carbocycles. The maximum absolute atomic E-state index is 13.1. The van der Waals surface area contributed by atoms with Gasteiger partial charge in [-0.1, -0.05) is 49.3 Å². The normalized spacial score (nSPS) is 11.6. The summed E-state index contributed by atoms with van der Waals surface area (Å²) in [6.45, 7) is 4.70. The average molecular weight is 429 g/mol. The predicted octanol–water partition coefficient (Wildman–Crippen LogP) is 4.65. The topological polar surface area (TPSA) is 61.4 Å². The molecule has 0 unspecified atom stereocenters. The zero-order valence-corrected chi connectivity index (χ0v) is 18.0. The van der Waals surface area contributed by atoms with Gasteiger partial charge < -0.3 is 4.74 Å². The second-order valence-corrected chi connectivity index (χ2v) is 8.61. The largest absolute Gasteiger partial charge is 0.497 e. The molecule has 2 heterocycles. The molecule has 6 nitrogen and oxygen atoms in total. The molecule has 0 saturated heterocycles. The summed E-state index contributed by atoms with van der Waals surface area (Å²) in [6.07, 6.45) is 0. The smallest absolute Gasteiger partial charge is 0.262 e. The van der Waals surface area contributed by atoms with E-state index in [4.69, 9.17) is 16.3 Å². The molecule has 0 fully saturated rings. The first-order valence-electron chi connectivity index (χ1n) is 9.31. The average Bonchev–Trinajstić information content (AvgIpc) is 3.13. The third-order valence-electron chi connectivity index (χ3n) is 4.58. The fraction of sp³-hybridized carbons (Fsp3) is 0.286. The van der Waals surface area contributed by atoms with E-state index in [9.17, 15) is 4.79 Å². The summed E-state index contributed by atoms with van der Waals surface area (Å²) in [7, 11) is 1.66. The molecule has 150 valence electrons. The van der Waals surface area contributed by atoms with Crippen LogP contribution in [0.3, 0.4) is 0 Å². The number of halogens is 1. The molecule has 0 amide bonds. The lowest BCUT2D eigenvalue weighted by molar-refractivity contribution is 0.414. The molecular formula is C21H21ClN4O2S. The summed E-state index contributed by atoms with van der Waals surface area (Å²) < 4.78 is 8.93. The van der Waals surface area contributed by atoms with E-state index in [1.54, 1.807) is 35.6 Å². The number of hydrogen-bond donors (Lipinski definition) is 0. The lowest BCUT2D eigenvalue weighted by Crippen LogP contribution is -2.25. The zero-order valence-electron chi connectivity index (χ0n) is 16.4. The minimum absolute atomic E-state index is 0.0968. The zero-order chi connectivity index (χ0) is 20.5. The second-order valence-electron chi connectivity index (χ2n) is 7.23. The van der Waals surface area contributed by atoms with Crippen LogP contribution >= 0.6 is 23.4 Å². The molecule has 4 aromatic rings. The second kappa shape index (κ2) is 8.08. The number of nitrogens with zero attached hydrogens (tertiary/aromatic N) is 4. The maximum Gasteiger partial charge on any atom is 0.262 e. The third-order valence-corrected chi connectivity index (χ3v) is 5.82. The van der Waals surface area contributed by atoms with Crippen LogP contribution in [0.1, 0.15) is 19.4 Å². The van der Waals surface area contributed by atoms with Crippen molar-refractivity contribution in [2.24, 2.45) is 5.92 Å². The molecule has 8 heteroatoms. The summed E-state index contributed by atoms with van der Waals surface area (Å²) in [5.74, 6) is 2.36. The van der Waals surface area contributed by atoms with Gasteiger partial charge in [-0.15, -0.1) is 10.2 Å². The summed E-state index contributed by atoms with van der Waals surface area (Å²) in [5, 5.41) is 10.6. The van der Waals surface area contributed by atoms with Crippen molar-refractivity contribution in [1.29, 1.82) is 0 Å². The molecule has 2 aromatic heterocycles. The van der Waals surface area contributed by atoms with Gasteiger partial charge in [-0.3, -0.25) is 13.8 Å². The van der Waals surface area contributed by atoms with E-state index in [1.165, 1.54) is 0 Å². The van der Waals surface area contributed by atoms with Crippen molar-refractivity contribution in [2.45, 2.75) is 31.3 Å². The van der Waals surface area contributed by atoms with Crippen LogP contribution in [-0.2, 0) is 12.3 Å². The van der Waals surface area contributed by atoms with Crippen LogP contribution in [0, 0.1) is 5.92 Å². The summed E-state index contributed by atoms with van der Waals surface area (Å²) in [4.78, 5) is 13.1. The quantitative estimate of drug-likeness (QED) is 0.418. The lowest BCUT2D eigenvalue weighted by Gasteiger charge is -2.13. The van der Waals surface area contributed by atoms with Gasteiger partial charge >= 0.3 is 0 Å². The van der Waals surface area contributed by atoms with E-state index in [1.807, 2.05) is 34.7 Å². The molecule has 0 aliphatic rings. The minimum atomic E-state index is -0.0968. The lowest BCUT2D eigenvalue weighted by atomic mass is 10.2. The number of ether oxygens (including phenoxy) is 1. The van der Waals surface area contributed by atoms with Crippen LogP contribution in [0.2, 0.25) is 5.02 Å². The van der Waals surface area contributed by atoms with Gasteiger partial charge in [0, 0.05) is 17.3 Å². The van der Waals surface area contributed by atoms with E-state index >= 15 is 0 Å². The van der Waals surface area contributed by atoms with Crippen molar-refractivity contribution in [2.75, 3.05) is 7.11 Å². The number of hydrogen-bond acceptors (Lipinski definition) is 5. The van der Waals surface area contributed by atoms with Crippen LogP contribution in [0.4, 0.5) is 0 Å². The highest BCUT2D eigenvalue weighted by atomic mass is 35.5. The SMILES string of the molecule is COc1cccc(CSc2nnc3n(CC(C)C)c(=O)c4cc(Cl)ccc4n23)c1. The molecule has 0 radical (unpaired) electrons. The van der Waals surface area contributed by atoms with E-state index in [0.29, 0.717) is 28.5 Å². The third kappa shape index (κ3) is 3.84. The Morgan fingerprint density at radius 2 is 2.00 bits per heavy atom. The fourth-order valence-electron chi connectivity index (χ4n) is 3.29. The van der Waals surface area contributed by atoms with Crippen LogP contribution in [0.5, 0.6) is 5.75 Å². The van der Waals surface area contributed by atoms with Gasteiger partial charge in [0.05, 0.1) is 18.0 Å². The van der Waals surface area contributed by atoms with Crippen molar-refractivity contribution in [3.05, 3.63) is 63.4 Å². The Labute approximate surface area is 177 Å². The van der Waals surface area contributed by atoms with Gasteiger partial charge in [0.25, 0.3) is 5.56 Å². The molecule has 0 N–H and O–H groups in total. The van der Waals surface area contributed by atoms with Gasteiger partial charge in [0.15, 0.2) is 5.16 Å². The Hall–Kier alpha value is -2.51. The van der Waals surface area contributed by atoms with Crippen LogP contribution in [-0.4, -0.2) is 26.3 Å². The highest BCUT2D eigenvalue weighted by Crippen LogP contribution is 2.27. The fourth-order valence-corrected chi connectivity index (χ4v) is 4.35. The van der Waals surface area contributed by atoms with Crippen LogP contribution in [0.15, 0.2) is 52.4 Å². The summed E-state index contributed by atoms with van der Waals surface area (Å²) >= 11 is 7.74. The van der Waals surface area contributed by atoms with Crippen molar-refractivity contribution < 1.29 is 4.74 Å². The molecule has 0 spiro atoms. The molecule has 0 atom stereocenters. The first-order valence-corrected chi connectivity index (χ1v) is 10.7. The summed E-state index contributed by atoms with van der Waals surface area (Å²) in [6, 6.07) is 13.3. The summed E-state index contributed by atoms with van der Waals surface area (Å²) in [5.41, 5.74) is 1.78. The van der Waals surface area contributed by atoms with E-state index in [-0.39, 0.29) is 11.5 Å². The van der Waals surface area contributed by atoms with Crippen molar-refractivity contribution >= 4 is 40.0 Å². The van der Waals surface area contributed by atoms with Crippen molar-refractivity contribution in [1.82, 2.24) is 19.2 Å². The molecule has 4 rings (SSSR count). The monoisotopic (exact) mass is 428 g/mol. The Kier molecular flexibility index (Phi) is 5.52. The molecule has 0 saturated carbocycles. The van der Waals surface area contributed by atoms with Crippen molar-refractivity contribution in [3.63, 3.8) is 0 Å². The highest BCUT2D eigenvalue weighted by molar-refractivity contribution is 7.98. The van der Waals surface area contributed by atoms with Gasteiger partial charge in [-0.05, 0) is 41.8 Å². The maximum atomic E-state index is 13.1. The standard InChI is InChI=1S/C21H21ClN4O2S/c1-13(2)11-25-19(27)17-10-15(22)7-8-18(17)26-20(25)23-24-21(26)29-12-14-5-4-6-16(9-14)28-3/h4-10,13H,11-12H2,1-3H3. The van der Waals surface area contributed by atoms with Gasteiger partial charge in [0.2, 0.25) is 5.78 Å². The highest BCUT2D eigenvalue weighted by Gasteiger charge is 2.18. The Balaban J connectivity index is 1.84. The number of rotatable bonds is 6. The molecular weight excluding hydrogens is 408 g/mol. The Morgan fingerprint density at radius 3 is 2.76 bits per heavy atom. The van der Waals surface area contributed by atoms with Crippen LogP contribution < -0.4 is 10.3 Å². The van der Waals surface area contributed by atoms with E-state index < -0.39 is 0 Å².